The molecule has 146 valence electrons. The van der Waals surface area contributed by atoms with Crippen molar-refractivity contribution in [1.29, 1.82) is 0 Å². The van der Waals surface area contributed by atoms with Crippen LogP contribution in [0.3, 0.4) is 0 Å². The highest BCUT2D eigenvalue weighted by molar-refractivity contribution is 5.94. The Balaban J connectivity index is 1.50. The molecule has 2 aromatic carbocycles. The third-order valence-corrected chi connectivity index (χ3v) is 4.32. The number of ether oxygens (including phenoxy) is 1. The van der Waals surface area contributed by atoms with Crippen molar-refractivity contribution in [2.24, 2.45) is 0 Å². The monoisotopic (exact) mass is 391 g/mol. The highest BCUT2D eigenvalue weighted by atomic mass is 19.1. The molecule has 1 amide bonds. The second-order valence-electron chi connectivity index (χ2n) is 6.52. The van der Waals surface area contributed by atoms with Crippen LogP contribution < -0.4 is 10.1 Å². The zero-order chi connectivity index (χ0) is 20.4. The molecule has 4 rings (SSSR count). The van der Waals surface area contributed by atoms with Crippen LogP contribution in [0.4, 0.5) is 10.1 Å². The lowest BCUT2D eigenvalue weighted by atomic mass is 10.1. The predicted molar refractivity (Wildman–Crippen MR) is 106 cm³/mol. The van der Waals surface area contributed by atoms with E-state index in [1.54, 1.807) is 23.6 Å². The van der Waals surface area contributed by atoms with E-state index in [0.29, 0.717) is 22.9 Å². The number of benzene rings is 2. The van der Waals surface area contributed by atoms with Crippen molar-refractivity contribution >= 4 is 17.2 Å². The number of hydrogen-bond donors (Lipinski definition) is 1. The van der Waals surface area contributed by atoms with Gasteiger partial charge < -0.3 is 10.1 Å². The highest BCUT2D eigenvalue weighted by Crippen LogP contribution is 2.22. The van der Waals surface area contributed by atoms with Crippen molar-refractivity contribution in [3.05, 3.63) is 72.3 Å². The second-order valence-corrected chi connectivity index (χ2v) is 6.52. The number of carbonyl (C=O) groups is 1. The van der Waals surface area contributed by atoms with Crippen molar-refractivity contribution in [2.45, 2.75) is 20.0 Å². The summed E-state index contributed by atoms with van der Waals surface area (Å²) in [5, 5.41) is 15.4. The van der Waals surface area contributed by atoms with Crippen molar-refractivity contribution in [2.75, 3.05) is 5.32 Å². The molecule has 0 radical (unpaired) electrons. The molecule has 0 aliphatic carbocycles. The third-order valence-electron chi connectivity index (χ3n) is 4.32. The molecule has 1 unspecified atom stereocenters. The number of nitrogens with one attached hydrogen (secondary N) is 1. The molecule has 8 heteroatoms. The first-order valence-electron chi connectivity index (χ1n) is 9.02. The van der Waals surface area contributed by atoms with Crippen molar-refractivity contribution in [3.8, 4) is 17.0 Å². The van der Waals surface area contributed by atoms with Crippen LogP contribution in [0.15, 0.2) is 60.7 Å². The molecule has 0 aliphatic rings. The zero-order valence-electron chi connectivity index (χ0n) is 15.8. The first-order chi connectivity index (χ1) is 14.0. The number of amides is 1. The van der Waals surface area contributed by atoms with E-state index < -0.39 is 11.9 Å². The van der Waals surface area contributed by atoms with Crippen LogP contribution in [0.2, 0.25) is 0 Å². The molecule has 7 nitrogen and oxygen atoms in total. The third kappa shape index (κ3) is 4.06. The molecular formula is C21H18FN5O2. The summed E-state index contributed by atoms with van der Waals surface area (Å²) in [7, 11) is 0. The smallest absolute Gasteiger partial charge is 0.265 e. The summed E-state index contributed by atoms with van der Waals surface area (Å²) in [5.74, 6) is 0.220. The Morgan fingerprint density at radius 1 is 1.10 bits per heavy atom. The van der Waals surface area contributed by atoms with E-state index in [2.05, 4.69) is 20.6 Å². The van der Waals surface area contributed by atoms with Crippen LogP contribution in [0.25, 0.3) is 16.9 Å². The Hall–Kier alpha value is -3.81. The first-order valence-corrected chi connectivity index (χ1v) is 9.02. The Kier molecular flexibility index (Phi) is 4.90. The van der Waals surface area contributed by atoms with Crippen molar-refractivity contribution < 1.29 is 13.9 Å². The molecule has 0 fully saturated rings. The standard InChI is InChI=1S/C21H18FN5O2/c1-13(29-18-8-4-6-16(22)12-18)21(28)23-17-7-3-5-15(11-17)19-9-10-20-25-24-14(2)27(20)26-19/h3-13H,1-2H3,(H,23,28). The van der Waals surface area contributed by atoms with Gasteiger partial charge in [-0.2, -0.15) is 9.61 Å². The normalized spacial score (nSPS) is 12.0. The van der Waals surface area contributed by atoms with Crippen molar-refractivity contribution in [1.82, 2.24) is 19.8 Å². The van der Waals surface area contributed by atoms with Gasteiger partial charge in [-0.3, -0.25) is 4.79 Å². The van der Waals surface area contributed by atoms with E-state index in [1.807, 2.05) is 37.3 Å². The minimum atomic E-state index is -0.797. The average molecular weight is 391 g/mol. The van der Waals surface area contributed by atoms with Gasteiger partial charge in [0, 0.05) is 17.3 Å². The number of anilines is 1. The van der Waals surface area contributed by atoms with Gasteiger partial charge in [-0.15, -0.1) is 10.2 Å². The van der Waals surface area contributed by atoms with E-state index in [1.165, 1.54) is 18.2 Å². The average Bonchev–Trinajstić information content (AvgIpc) is 3.08. The fourth-order valence-electron chi connectivity index (χ4n) is 2.85. The SMILES string of the molecule is Cc1nnc2ccc(-c3cccc(NC(=O)C(C)Oc4cccc(F)c4)c3)nn12. The van der Waals surface area contributed by atoms with Crippen LogP contribution in [0.5, 0.6) is 5.75 Å². The number of carbonyl (C=O) groups excluding carboxylic acids is 1. The summed E-state index contributed by atoms with van der Waals surface area (Å²) >= 11 is 0. The number of rotatable bonds is 5. The lowest BCUT2D eigenvalue weighted by Crippen LogP contribution is -2.30. The van der Waals surface area contributed by atoms with Gasteiger partial charge >= 0.3 is 0 Å². The van der Waals surface area contributed by atoms with E-state index in [4.69, 9.17) is 4.74 Å². The van der Waals surface area contributed by atoms with Gasteiger partial charge in [-0.25, -0.2) is 4.39 Å². The Labute approximate surface area is 166 Å². The van der Waals surface area contributed by atoms with Gasteiger partial charge in [0.25, 0.3) is 5.91 Å². The fraction of sp³-hybridized carbons (Fsp3) is 0.143. The van der Waals surface area contributed by atoms with Crippen LogP contribution in [-0.4, -0.2) is 31.8 Å². The largest absolute Gasteiger partial charge is 0.481 e. The molecule has 2 aromatic heterocycles. The zero-order valence-corrected chi connectivity index (χ0v) is 15.8. The number of aryl methyl sites for hydroxylation is 1. The molecule has 0 saturated carbocycles. The van der Waals surface area contributed by atoms with E-state index >= 15 is 0 Å². The van der Waals surface area contributed by atoms with Gasteiger partial charge in [-0.05, 0) is 50.2 Å². The Morgan fingerprint density at radius 3 is 2.76 bits per heavy atom. The minimum Gasteiger partial charge on any atom is -0.481 e. The Bertz CT molecular complexity index is 1190. The van der Waals surface area contributed by atoms with Gasteiger partial charge in [0.2, 0.25) is 0 Å². The van der Waals surface area contributed by atoms with E-state index in [9.17, 15) is 9.18 Å². The summed E-state index contributed by atoms with van der Waals surface area (Å²) in [6, 6.07) is 16.7. The van der Waals surface area contributed by atoms with Crippen LogP contribution in [0, 0.1) is 12.7 Å². The maximum absolute atomic E-state index is 13.3. The summed E-state index contributed by atoms with van der Waals surface area (Å²) in [6.07, 6.45) is -0.797. The number of nitrogens with zero attached hydrogens (tertiary/aromatic N) is 4. The quantitative estimate of drug-likeness (QED) is 0.562. The molecule has 4 aromatic rings. The van der Waals surface area contributed by atoms with Gasteiger partial charge in [0.15, 0.2) is 17.6 Å². The first kappa shape index (κ1) is 18.5. The molecule has 0 aliphatic heterocycles. The van der Waals surface area contributed by atoms with Gasteiger partial charge in [0.1, 0.15) is 11.6 Å². The number of fused-ring (bicyclic) bond motifs is 1. The lowest BCUT2D eigenvalue weighted by Gasteiger charge is -2.15. The van der Waals surface area contributed by atoms with E-state index in [0.717, 1.165) is 11.3 Å². The number of aromatic nitrogens is 4. The van der Waals surface area contributed by atoms with Gasteiger partial charge in [0.05, 0.1) is 5.69 Å². The maximum atomic E-state index is 13.3. The molecule has 1 N–H and O–H groups in total. The van der Waals surface area contributed by atoms with Gasteiger partial charge in [-0.1, -0.05) is 18.2 Å². The van der Waals surface area contributed by atoms with E-state index in [-0.39, 0.29) is 5.91 Å². The summed E-state index contributed by atoms with van der Waals surface area (Å²) in [6.45, 7) is 3.43. The molecule has 2 heterocycles. The van der Waals surface area contributed by atoms with Crippen molar-refractivity contribution in [3.63, 3.8) is 0 Å². The van der Waals surface area contributed by atoms with Crippen LogP contribution >= 0.6 is 0 Å². The van der Waals surface area contributed by atoms with Crippen LogP contribution in [0.1, 0.15) is 12.7 Å². The maximum Gasteiger partial charge on any atom is 0.265 e. The summed E-state index contributed by atoms with van der Waals surface area (Å²) < 4.78 is 20.5. The molecule has 0 spiro atoms. The molecule has 0 saturated heterocycles. The van der Waals surface area contributed by atoms with Crippen LogP contribution in [-0.2, 0) is 4.79 Å². The molecular weight excluding hydrogens is 373 g/mol. The highest BCUT2D eigenvalue weighted by Gasteiger charge is 2.16. The molecule has 29 heavy (non-hydrogen) atoms. The fourth-order valence-corrected chi connectivity index (χ4v) is 2.85. The molecule has 0 bridgehead atoms. The second kappa shape index (κ2) is 7.67. The summed E-state index contributed by atoms with van der Waals surface area (Å²) in [4.78, 5) is 12.5. The lowest BCUT2D eigenvalue weighted by molar-refractivity contribution is -0.122. The minimum absolute atomic E-state index is 0.295. The Morgan fingerprint density at radius 2 is 1.93 bits per heavy atom. The molecule has 1 atom stereocenters. The predicted octanol–water partition coefficient (Wildman–Crippen LogP) is 3.64. The topological polar surface area (TPSA) is 81.4 Å². The number of hydrogen-bond acceptors (Lipinski definition) is 5. The number of halogens is 1. The summed E-state index contributed by atoms with van der Waals surface area (Å²) in [5.41, 5.74) is 2.82.